The molecule has 25 heavy (non-hydrogen) atoms. The molecule has 0 bridgehead atoms. The lowest BCUT2D eigenvalue weighted by atomic mass is 10.2. The summed E-state index contributed by atoms with van der Waals surface area (Å²) in [5.41, 5.74) is -0.193. The van der Waals surface area contributed by atoms with E-state index < -0.39 is 16.7 Å². The summed E-state index contributed by atoms with van der Waals surface area (Å²) >= 11 is 5.08. The third kappa shape index (κ3) is 4.80. The molecule has 0 aliphatic heterocycles. The first-order valence-corrected chi connectivity index (χ1v) is 7.19. The zero-order chi connectivity index (χ0) is 18.6. The van der Waals surface area contributed by atoms with E-state index in [1.165, 1.54) is 37.4 Å². The number of anilines is 2. The van der Waals surface area contributed by atoms with E-state index in [1.807, 2.05) is 0 Å². The molecule has 0 saturated carbocycles. The van der Waals surface area contributed by atoms with E-state index in [2.05, 4.69) is 10.6 Å². The number of benzene rings is 2. The summed E-state index contributed by atoms with van der Waals surface area (Å²) in [4.78, 5) is 10.2. The van der Waals surface area contributed by atoms with Gasteiger partial charge in [-0.2, -0.15) is 13.2 Å². The van der Waals surface area contributed by atoms with Crippen LogP contribution in [0.25, 0.3) is 0 Å². The van der Waals surface area contributed by atoms with Crippen LogP contribution >= 0.6 is 12.2 Å². The molecule has 2 aromatic carbocycles. The maximum atomic E-state index is 12.5. The van der Waals surface area contributed by atoms with Gasteiger partial charge in [0.1, 0.15) is 5.75 Å². The van der Waals surface area contributed by atoms with Crippen LogP contribution in [0.1, 0.15) is 5.56 Å². The molecule has 0 heterocycles. The molecule has 0 aliphatic rings. The molecule has 10 heteroatoms. The second-order valence-corrected chi connectivity index (χ2v) is 5.20. The Balaban J connectivity index is 2.08. The number of alkyl halides is 3. The standard InChI is InChI=1S/C15H12F3N3O3S/c1-24-13-8-11(21(22)23)6-7-12(13)20-14(25)19-10-4-2-9(3-5-10)15(16,17)18/h2-8H,1H3,(H2,19,20,25). The van der Waals surface area contributed by atoms with Crippen molar-refractivity contribution in [2.75, 3.05) is 17.7 Å². The van der Waals surface area contributed by atoms with Gasteiger partial charge in [-0.1, -0.05) is 0 Å². The van der Waals surface area contributed by atoms with Crippen LogP contribution in [0.2, 0.25) is 0 Å². The van der Waals surface area contributed by atoms with E-state index in [-0.39, 0.29) is 16.5 Å². The van der Waals surface area contributed by atoms with Crippen molar-refractivity contribution in [1.82, 2.24) is 0 Å². The Morgan fingerprint density at radius 2 is 1.80 bits per heavy atom. The number of ether oxygens (including phenoxy) is 1. The smallest absolute Gasteiger partial charge is 0.416 e. The molecular weight excluding hydrogens is 359 g/mol. The summed E-state index contributed by atoms with van der Waals surface area (Å²) in [6.07, 6.45) is -4.41. The Morgan fingerprint density at radius 3 is 2.32 bits per heavy atom. The highest BCUT2D eigenvalue weighted by Gasteiger charge is 2.29. The van der Waals surface area contributed by atoms with Gasteiger partial charge >= 0.3 is 6.18 Å². The molecular formula is C15H12F3N3O3S. The van der Waals surface area contributed by atoms with Gasteiger partial charge in [0.2, 0.25) is 0 Å². The highest BCUT2D eigenvalue weighted by molar-refractivity contribution is 7.80. The highest BCUT2D eigenvalue weighted by Crippen LogP contribution is 2.31. The number of hydrogen-bond donors (Lipinski definition) is 2. The number of rotatable bonds is 4. The fraction of sp³-hybridized carbons (Fsp3) is 0.133. The summed E-state index contributed by atoms with van der Waals surface area (Å²) in [6, 6.07) is 8.24. The molecule has 0 amide bonds. The van der Waals surface area contributed by atoms with Gasteiger partial charge < -0.3 is 15.4 Å². The van der Waals surface area contributed by atoms with E-state index in [9.17, 15) is 23.3 Å². The Kier molecular flexibility index (Phi) is 5.42. The average molecular weight is 371 g/mol. The largest absolute Gasteiger partial charge is 0.494 e. The molecule has 0 atom stereocenters. The van der Waals surface area contributed by atoms with E-state index in [0.29, 0.717) is 11.4 Å². The number of methoxy groups -OCH3 is 1. The minimum atomic E-state index is -4.41. The number of halogens is 3. The third-order valence-electron chi connectivity index (χ3n) is 3.11. The van der Waals surface area contributed by atoms with Crippen molar-refractivity contribution in [3.05, 3.63) is 58.1 Å². The monoisotopic (exact) mass is 371 g/mol. The first-order valence-electron chi connectivity index (χ1n) is 6.78. The molecule has 2 N–H and O–H groups in total. The normalized spacial score (nSPS) is 10.9. The van der Waals surface area contributed by atoms with Crippen LogP contribution in [0.3, 0.4) is 0 Å². The summed E-state index contributed by atoms with van der Waals surface area (Å²) in [5.74, 6) is 0.200. The lowest BCUT2D eigenvalue weighted by molar-refractivity contribution is -0.384. The van der Waals surface area contributed by atoms with Gasteiger partial charge in [-0.25, -0.2) is 0 Å². The van der Waals surface area contributed by atoms with E-state index in [1.54, 1.807) is 0 Å². The second kappa shape index (κ2) is 7.34. The predicted molar refractivity (Wildman–Crippen MR) is 90.9 cm³/mol. The SMILES string of the molecule is COc1cc([N+](=O)[O-])ccc1NC(=S)Nc1ccc(C(F)(F)F)cc1. The highest BCUT2D eigenvalue weighted by atomic mass is 32.1. The molecule has 6 nitrogen and oxygen atoms in total. The number of nitro groups is 1. The average Bonchev–Trinajstić information content (AvgIpc) is 2.54. The second-order valence-electron chi connectivity index (χ2n) is 4.80. The first-order chi connectivity index (χ1) is 11.7. The first kappa shape index (κ1) is 18.5. The summed E-state index contributed by atoms with van der Waals surface area (Å²) in [5, 5.41) is 16.3. The van der Waals surface area contributed by atoms with Crippen molar-refractivity contribution in [2.24, 2.45) is 0 Å². The fourth-order valence-corrected chi connectivity index (χ4v) is 2.15. The lowest BCUT2D eigenvalue weighted by Gasteiger charge is -2.14. The zero-order valence-electron chi connectivity index (χ0n) is 12.8. The summed E-state index contributed by atoms with van der Waals surface area (Å²) in [6.45, 7) is 0. The van der Waals surface area contributed by atoms with E-state index in [4.69, 9.17) is 17.0 Å². The van der Waals surface area contributed by atoms with Crippen molar-refractivity contribution in [2.45, 2.75) is 6.18 Å². The predicted octanol–water partition coefficient (Wildman–Crippen LogP) is 4.43. The molecule has 0 spiro atoms. The van der Waals surface area contributed by atoms with Crippen LogP contribution in [0, 0.1) is 10.1 Å². The van der Waals surface area contributed by atoms with Gasteiger partial charge in [0.05, 0.1) is 29.4 Å². The van der Waals surface area contributed by atoms with Gasteiger partial charge in [0.15, 0.2) is 5.11 Å². The maximum Gasteiger partial charge on any atom is 0.416 e. The third-order valence-corrected chi connectivity index (χ3v) is 3.32. The van der Waals surface area contributed by atoms with Crippen molar-refractivity contribution >= 4 is 34.4 Å². The van der Waals surface area contributed by atoms with Crippen molar-refractivity contribution in [1.29, 1.82) is 0 Å². The van der Waals surface area contributed by atoms with Gasteiger partial charge in [-0.3, -0.25) is 10.1 Å². The van der Waals surface area contributed by atoms with Crippen LogP contribution < -0.4 is 15.4 Å². The van der Waals surface area contributed by atoms with Crippen LogP contribution in [-0.4, -0.2) is 17.1 Å². The van der Waals surface area contributed by atoms with Crippen LogP contribution in [0.5, 0.6) is 5.75 Å². The van der Waals surface area contributed by atoms with Crippen molar-refractivity contribution in [3.8, 4) is 5.75 Å². The quantitative estimate of drug-likeness (QED) is 0.470. The molecule has 0 aliphatic carbocycles. The molecule has 132 valence electrons. The van der Waals surface area contributed by atoms with Crippen LogP contribution in [-0.2, 0) is 6.18 Å². The summed E-state index contributed by atoms with van der Waals surface area (Å²) < 4.78 is 42.6. The number of nitro benzene ring substituents is 1. The number of nitrogens with zero attached hydrogens (tertiary/aromatic N) is 1. The number of nitrogens with one attached hydrogen (secondary N) is 2. The van der Waals surface area contributed by atoms with Gasteiger partial charge in [-0.05, 0) is 42.5 Å². The Bertz CT molecular complexity index is 795. The van der Waals surface area contributed by atoms with Crippen LogP contribution in [0.4, 0.5) is 30.2 Å². The summed E-state index contributed by atoms with van der Waals surface area (Å²) in [7, 11) is 1.34. The zero-order valence-corrected chi connectivity index (χ0v) is 13.6. The van der Waals surface area contributed by atoms with Crippen LogP contribution in [0.15, 0.2) is 42.5 Å². The topological polar surface area (TPSA) is 76.4 Å². The molecule has 2 aromatic rings. The van der Waals surface area contributed by atoms with Gasteiger partial charge in [-0.15, -0.1) is 0 Å². The fourth-order valence-electron chi connectivity index (χ4n) is 1.92. The minimum absolute atomic E-state index is 0.0897. The molecule has 0 fully saturated rings. The number of thiocarbonyl (C=S) groups is 1. The van der Waals surface area contributed by atoms with Crippen molar-refractivity contribution < 1.29 is 22.8 Å². The molecule has 0 aromatic heterocycles. The Labute approximate surface area is 145 Å². The van der Waals surface area contributed by atoms with Gasteiger partial charge in [0.25, 0.3) is 5.69 Å². The number of non-ortho nitro benzene ring substituents is 1. The van der Waals surface area contributed by atoms with E-state index >= 15 is 0 Å². The van der Waals surface area contributed by atoms with Gasteiger partial charge in [0, 0.05) is 11.8 Å². The molecule has 2 rings (SSSR count). The molecule has 0 saturated heterocycles. The van der Waals surface area contributed by atoms with E-state index in [0.717, 1.165) is 12.1 Å². The molecule has 0 unspecified atom stereocenters. The maximum absolute atomic E-state index is 12.5. The lowest BCUT2D eigenvalue weighted by Crippen LogP contribution is -2.19. The Morgan fingerprint density at radius 1 is 1.16 bits per heavy atom. The molecule has 0 radical (unpaired) electrons. The van der Waals surface area contributed by atoms with Crippen molar-refractivity contribution in [3.63, 3.8) is 0 Å². The minimum Gasteiger partial charge on any atom is -0.494 e. The Hall–Kier alpha value is -2.88. The number of hydrogen-bond acceptors (Lipinski definition) is 4.